The normalized spacial score (nSPS) is 26.6. The fourth-order valence-corrected chi connectivity index (χ4v) is 2.03. The van der Waals surface area contributed by atoms with E-state index in [4.69, 9.17) is 0 Å². The van der Waals surface area contributed by atoms with Crippen LogP contribution in [0.15, 0.2) is 24.3 Å². The van der Waals surface area contributed by atoms with E-state index in [1.54, 1.807) is 0 Å². The maximum absolute atomic E-state index is 12.7. The number of alkyl halides is 3. The first kappa shape index (κ1) is 11.5. The largest absolute Gasteiger partial charge is 0.416 e. The first-order valence-corrected chi connectivity index (χ1v) is 5.25. The minimum atomic E-state index is -4.39. The van der Waals surface area contributed by atoms with Crippen molar-refractivity contribution >= 4 is 0 Å². The minimum absolute atomic E-state index is 0.00403. The third-order valence-corrected chi connectivity index (χ3v) is 3.16. The van der Waals surface area contributed by atoms with E-state index in [2.05, 4.69) is 0 Å². The van der Waals surface area contributed by atoms with Gasteiger partial charge in [0.15, 0.2) is 0 Å². The molecule has 0 spiro atoms. The van der Waals surface area contributed by atoms with Gasteiger partial charge >= 0.3 is 6.18 Å². The van der Waals surface area contributed by atoms with E-state index in [9.17, 15) is 18.3 Å². The topological polar surface area (TPSA) is 20.2 Å². The molecule has 4 heteroatoms. The lowest BCUT2D eigenvalue weighted by atomic mass is 9.98. The summed E-state index contributed by atoms with van der Waals surface area (Å²) >= 11 is 0. The molecule has 88 valence electrons. The second-order valence-electron chi connectivity index (χ2n) is 4.41. The van der Waals surface area contributed by atoms with E-state index in [0.29, 0.717) is 5.92 Å². The first-order valence-electron chi connectivity index (χ1n) is 5.25. The van der Waals surface area contributed by atoms with Crippen molar-refractivity contribution in [2.75, 3.05) is 0 Å². The highest BCUT2D eigenvalue weighted by Gasteiger charge is 2.43. The third-order valence-electron chi connectivity index (χ3n) is 3.16. The van der Waals surface area contributed by atoms with E-state index >= 15 is 0 Å². The number of halogens is 3. The van der Waals surface area contributed by atoms with Crippen LogP contribution in [0, 0.1) is 11.8 Å². The van der Waals surface area contributed by atoms with Crippen molar-refractivity contribution < 1.29 is 18.3 Å². The molecule has 0 amide bonds. The van der Waals surface area contributed by atoms with Gasteiger partial charge in [0.1, 0.15) is 0 Å². The molecule has 2 rings (SSSR count). The maximum Gasteiger partial charge on any atom is 0.416 e. The number of rotatable bonds is 2. The van der Waals surface area contributed by atoms with Gasteiger partial charge in [-0.3, -0.25) is 0 Å². The van der Waals surface area contributed by atoms with Gasteiger partial charge < -0.3 is 5.11 Å². The molecular weight excluding hydrogens is 217 g/mol. The van der Waals surface area contributed by atoms with Crippen LogP contribution in [0.4, 0.5) is 13.2 Å². The molecule has 0 saturated heterocycles. The molecule has 0 bridgehead atoms. The Morgan fingerprint density at radius 3 is 2.38 bits per heavy atom. The van der Waals surface area contributed by atoms with Crippen LogP contribution < -0.4 is 0 Å². The standard InChI is InChI=1S/C12H13F3O/c1-7-6-9(7)11(16)8-4-2-3-5-10(8)12(13,14)15/h2-5,7,9,11,16H,6H2,1H3. The van der Waals surface area contributed by atoms with E-state index < -0.39 is 17.8 Å². The predicted molar refractivity (Wildman–Crippen MR) is 53.7 cm³/mol. The van der Waals surface area contributed by atoms with Crippen molar-refractivity contribution in [3.63, 3.8) is 0 Å². The predicted octanol–water partition coefficient (Wildman–Crippen LogP) is 3.39. The summed E-state index contributed by atoms with van der Waals surface area (Å²) in [6, 6.07) is 5.25. The summed E-state index contributed by atoms with van der Waals surface area (Å²) in [5, 5.41) is 9.87. The zero-order chi connectivity index (χ0) is 11.9. The fourth-order valence-electron chi connectivity index (χ4n) is 2.03. The van der Waals surface area contributed by atoms with Crippen molar-refractivity contribution in [3.05, 3.63) is 35.4 Å². The Morgan fingerprint density at radius 1 is 1.31 bits per heavy atom. The summed E-state index contributed by atoms with van der Waals surface area (Å²) in [6.07, 6.45) is -4.59. The monoisotopic (exact) mass is 230 g/mol. The third kappa shape index (κ3) is 2.07. The minimum Gasteiger partial charge on any atom is -0.388 e. The van der Waals surface area contributed by atoms with Crippen molar-refractivity contribution in [3.8, 4) is 0 Å². The molecule has 1 aliphatic rings. The summed E-state index contributed by atoms with van der Waals surface area (Å²) in [5.41, 5.74) is -0.717. The lowest BCUT2D eigenvalue weighted by Gasteiger charge is -2.17. The molecule has 0 aromatic heterocycles. The van der Waals surface area contributed by atoms with Crippen LogP contribution in [0.25, 0.3) is 0 Å². The van der Waals surface area contributed by atoms with E-state index in [1.807, 2.05) is 6.92 Å². The Labute approximate surface area is 91.9 Å². The Kier molecular flexibility index (Phi) is 2.70. The number of aliphatic hydroxyl groups excluding tert-OH is 1. The maximum atomic E-state index is 12.7. The van der Waals surface area contributed by atoms with Gasteiger partial charge in [0.2, 0.25) is 0 Å². The lowest BCUT2D eigenvalue weighted by molar-refractivity contribution is -0.139. The van der Waals surface area contributed by atoms with Crippen LogP contribution in [0.1, 0.15) is 30.6 Å². The van der Waals surface area contributed by atoms with Gasteiger partial charge in [-0.05, 0) is 29.9 Å². The summed E-state index contributed by atoms with van der Waals surface area (Å²) in [4.78, 5) is 0. The van der Waals surface area contributed by atoms with Gasteiger partial charge in [-0.2, -0.15) is 13.2 Å². The molecule has 1 aromatic rings. The molecule has 3 unspecified atom stereocenters. The zero-order valence-electron chi connectivity index (χ0n) is 8.83. The number of hydrogen-bond donors (Lipinski definition) is 1. The van der Waals surface area contributed by atoms with E-state index in [0.717, 1.165) is 12.5 Å². The molecule has 1 nitrogen and oxygen atoms in total. The average molecular weight is 230 g/mol. The average Bonchev–Trinajstić information content (AvgIpc) is 2.93. The van der Waals surface area contributed by atoms with Gasteiger partial charge in [0.05, 0.1) is 11.7 Å². The van der Waals surface area contributed by atoms with Crippen LogP contribution >= 0.6 is 0 Å². The highest BCUT2D eigenvalue weighted by atomic mass is 19.4. The van der Waals surface area contributed by atoms with Crippen molar-refractivity contribution in [2.45, 2.75) is 25.6 Å². The molecule has 0 heterocycles. The molecule has 1 aliphatic carbocycles. The molecule has 1 fully saturated rings. The van der Waals surface area contributed by atoms with Crippen molar-refractivity contribution in [1.82, 2.24) is 0 Å². The highest BCUT2D eigenvalue weighted by Crippen LogP contribution is 2.48. The fraction of sp³-hybridized carbons (Fsp3) is 0.500. The van der Waals surface area contributed by atoms with Gasteiger partial charge in [0.25, 0.3) is 0 Å². The second kappa shape index (κ2) is 3.77. The second-order valence-corrected chi connectivity index (χ2v) is 4.41. The molecule has 0 radical (unpaired) electrons. The van der Waals surface area contributed by atoms with Gasteiger partial charge in [-0.25, -0.2) is 0 Å². The van der Waals surface area contributed by atoms with Crippen LogP contribution in [0.3, 0.4) is 0 Å². The van der Waals surface area contributed by atoms with Crippen molar-refractivity contribution in [1.29, 1.82) is 0 Å². The van der Waals surface area contributed by atoms with Gasteiger partial charge in [-0.1, -0.05) is 25.1 Å². The van der Waals surface area contributed by atoms with Crippen LogP contribution in [0.5, 0.6) is 0 Å². The van der Waals surface area contributed by atoms with E-state index in [-0.39, 0.29) is 11.5 Å². The van der Waals surface area contributed by atoms with E-state index in [1.165, 1.54) is 18.2 Å². The van der Waals surface area contributed by atoms with Gasteiger partial charge in [0, 0.05) is 0 Å². The zero-order valence-corrected chi connectivity index (χ0v) is 8.83. The van der Waals surface area contributed by atoms with Crippen LogP contribution in [0.2, 0.25) is 0 Å². The Morgan fingerprint density at radius 2 is 1.88 bits per heavy atom. The van der Waals surface area contributed by atoms with Gasteiger partial charge in [-0.15, -0.1) is 0 Å². The number of aliphatic hydroxyl groups is 1. The lowest BCUT2D eigenvalue weighted by Crippen LogP contribution is -2.13. The Balaban J connectivity index is 2.33. The number of benzene rings is 1. The molecule has 1 saturated carbocycles. The smallest absolute Gasteiger partial charge is 0.388 e. The SMILES string of the molecule is CC1CC1C(O)c1ccccc1C(F)(F)F. The molecule has 3 atom stereocenters. The molecule has 0 aliphatic heterocycles. The Bertz CT molecular complexity index is 386. The molecule has 1 N–H and O–H groups in total. The Hall–Kier alpha value is -1.03. The highest BCUT2D eigenvalue weighted by molar-refractivity contribution is 5.32. The molecular formula is C12H13F3O. The quantitative estimate of drug-likeness (QED) is 0.825. The first-order chi connectivity index (χ1) is 7.41. The summed E-state index contributed by atoms with van der Waals surface area (Å²) < 4.78 is 38.0. The summed E-state index contributed by atoms with van der Waals surface area (Å²) in [6.45, 7) is 1.93. The molecule has 16 heavy (non-hydrogen) atoms. The van der Waals surface area contributed by atoms with Crippen molar-refractivity contribution in [2.24, 2.45) is 11.8 Å². The van der Waals surface area contributed by atoms with Crippen LogP contribution in [-0.4, -0.2) is 5.11 Å². The summed E-state index contributed by atoms with van der Waals surface area (Å²) in [7, 11) is 0. The summed E-state index contributed by atoms with van der Waals surface area (Å²) in [5.74, 6) is 0.291. The number of hydrogen-bond acceptors (Lipinski definition) is 1. The molecule has 1 aromatic carbocycles. The van der Waals surface area contributed by atoms with Crippen LogP contribution in [-0.2, 0) is 6.18 Å².